The zero-order valence-corrected chi connectivity index (χ0v) is 12.9. The van der Waals surface area contributed by atoms with E-state index in [1.807, 2.05) is 0 Å². The molecule has 3 heterocycles. The molecule has 2 saturated heterocycles. The molecule has 1 aromatic carbocycles. The largest absolute Gasteiger partial charge is 0.497 e. The molecule has 21 heavy (non-hydrogen) atoms. The van der Waals surface area contributed by atoms with Gasteiger partial charge >= 0.3 is 0 Å². The van der Waals surface area contributed by atoms with Gasteiger partial charge in [-0.25, -0.2) is 0 Å². The maximum Gasteiger partial charge on any atom is 0.119 e. The van der Waals surface area contributed by atoms with E-state index in [1.54, 1.807) is 18.2 Å². The molecule has 6 rings (SSSR count). The molecular weight excluding hydrogens is 258 g/mol. The van der Waals surface area contributed by atoms with Crippen LogP contribution >= 0.6 is 0 Å². The number of ether oxygens (including phenoxy) is 1. The van der Waals surface area contributed by atoms with E-state index in [0.29, 0.717) is 6.04 Å². The van der Waals surface area contributed by atoms with Crippen molar-refractivity contribution in [3.8, 4) is 5.75 Å². The summed E-state index contributed by atoms with van der Waals surface area (Å²) in [6.45, 7) is 1.33. The lowest BCUT2D eigenvalue weighted by molar-refractivity contribution is -0.0441. The highest BCUT2D eigenvalue weighted by Gasteiger charge is 2.56. The second kappa shape index (κ2) is 4.49. The first kappa shape index (κ1) is 12.5. The average Bonchev–Trinajstić information content (AvgIpc) is 3.03. The first-order valence-corrected chi connectivity index (χ1v) is 8.82. The Morgan fingerprint density at radius 1 is 1.00 bits per heavy atom. The summed E-state index contributed by atoms with van der Waals surface area (Å²) in [5, 5.41) is 0. The van der Waals surface area contributed by atoms with Crippen molar-refractivity contribution in [3.05, 3.63) is 29.3 Å². The van der Waals surface area contributed by atoms with E-state index in [4.69, 9.17) is 4.74 Å². The Morgan fingerprint density at radius 2 is 1.90 bits per heavy atom. The lowest BCUT2D eigenvalue weighted by Crippen LogP contribution is -2.58. The van der Waals surface area contributed by atoms with Gasteiger partial charge < -0.3 is 4.74 Å². The number of rotatable bonds is 1. The minimum absolute atomic E-state index is 0.716. The van der Waals surface area contributed by atoms with Crippen molar-refractivity contribution in [2.45, 2.75) is 56.5 Å². The monoisotopic (exact) mass is 283 g/mol. The number of benzene rings is 1. The fourth-order valence-electron chi connectivity index (χ4n) is 6.18. The molecule has 5 aliphatic rings. The van der Waals surface area contributed by atoms with Crippen molar-refractivity contribution in [2.24, 2.45) is 11.8 Å². The fourth-order valence-corrected chi connectivity index (χ4v) is 6.18. The molecule has 3 fully saturated rings. The zero-order valence-electron chi connectivity index (χ0n) is 12.9. The molecule has 1 aromatic rings. The van der Waals surface area contributed by atoms with E-state index in [2.05, 4.69) is 23.1 Å². The van der Waals surface area contributed by atoms with Crippen molar-refractivity contribution >= 4 is 0 Å². The standard InChI is InChI=1S/C19H25NO/c1-21-12-8-9-15-16(11-12)18-13-5-4-6-14(13)19(15)20-10-3-2-7-17(18)20/h8-9,11,13-14,17-19H,2-7,10H2,1H3/t13-,14+,17?,18+,19-/m1/s1. The number of piperidine rings is 2. The molecule has 2 heteroatoms. The maximum atomic E-state index is 5.52. The third kappa shape index (κ3) is 1.57. The summed E-state index contributed by atoms with van der Waals surface area (Å²) >= 11 is 0. The zero-order chi connectivity index (χ0) is 14.0. The number of methoxy groups -OCH3 is 1. The molecule has 3 aliphatic heterocycles. The third-order valence-electron chi connectivity index (χ3n) is 6.83. The highest BCUT2D eigenvalue weighted by Crippen LogP contribution is 2.62. The van der Waals surface area contributed by atoms with Gasteiger partial charge in [0.25, 0.3) is 0 Å². The summed E-state index contributed by atoms with van der Waals surface area (Å²) in [5.74, 6) is 3.73. The van der Waals surface area contributed by atoms with Gasteiger partial charge in [0.1, 0.15) is 5.75 Å². The van der Waals surface area contributed by atoms with E-state index in [9.17, 15) is 0 Å². The van der Waals surface area contributed by atoms with Crippen LogP contribution in [0.1, 0.15) is 61.6 Å². The highest BCUT2D eigenvalue weighted by atomic mass is 16.5. The molecule has 1 saturated carbocycles. The molecule has 0 aromatic heterocycles. The molecular formula is C19H25NO. The third-order valence-corrected chi connectivity index (χ3v) is 6.83. The Kier molecular flexibility index (Phi) is 2.67. The molecule has 1 unspecified atom stereocenters. The molecule has 2 bridgehead atoms. The molecule has 0 N–H and O–H groups in total. The Morgan fingerprint density at radius 3 is 2.81 bits per heavy atom. The van der Waals surface area contributed by atoms with Gasteiger partial charge in [-0.15, -0.1) is 0 Å². The first-order valence-electron chi connectivity index (χ1n) is 8.82. The number of hydrogen-bond donors (Lipinski definition) is 0. The summed E-state index contributed by atoms with van der Waals surface area (Å²) in [5.41, 5.74) is 3.28. The van der Waals surface area contributed by atoms with Crippen LogP contribution in [-0.2, 0) is 0 Å². The van der Waals surface area contributed by atoms with Crippen LogP contribution in [0.15, 0.2) is 18.2 Å². The topological polar surface area (TPSA) is 12.5 Å². The first-order chi connectivity index (χ1) is 10.4. The Bertz CT molecular complexity index is 569. The second-order valence-electron chi connectivity index (χ2n) is 7.53. The fraction of sp³-hybridized carbons (Fsp3) is 0.684. The maximum absolute atomic E-state index is 5.52. The van der Waals surface area contributed by atoms with Gasteiger partial charge in [-0.05, 0) is 67.3 Å². The van der Waals surface area contributed by atoms with Crippen molar-refractivity contribution in [3.63, 3.8) is 0 Å². The van der Waals surface area contributed by atoms with E-state index < -0.39 is 0 Å². The lowest BCUT2D eigenvalue weighted by Gasteiger charge is -2.59. The summed E-state index contributed by atoms with van der Waals surface area (Å²) in [6.07, 6.45) is 8.63. The van der Waals surface area contributed by atoms with Crippen LogP contribution in [0.4, 0.5) is 0 Å². The quantitative estimate of drug-likeness (QED) is 0.769. The molecule has 0 amide bonds. The van der Waals surface area contributed by atoms with Crippen molar-refractivity contribution < 1.29 is 4.74 Å². The van der Waals surface area contributed by atoms with Gasteiger partial charge in [0.15, 0.2) is 0 Å². The molecule has 2 nitrogen and oxygen atoms in total. The molecule has 0 radical (unpaired) electrons. The van der Waals surface area contributed by atoms with Gasteiger partial charge in [-0.2, -0.15) is 0 Å². The van der Waals surface area contributed by atoms with Crippen LogP contribution in [0, 0.1) is 11.8 Å². The Hall–Kier alpha value is -1.02. The summed E-state index contributed by atoms with van der Waals surface area (Å²) < 4.78 is 5.52. The number of hydrogen-bond acceptors (Lipinski definition) is 2. The van der Waals surface area contributed by atoms with Gasteiger partial charge in [0.05, 0.1) is 7.11 Å². The predicted octanol–water partition coefficient (Wildman–Crippen LogP) is 4.12. The average molecular weight is 283 g/mol. The van der Waals surface area contributed by atoms with E-state index in [0.717, 1.165) is 29.5 Å². The predicted molar refractivity (Wildman–Crippen MR) is 83.7 cm³/mol. The smallest absolute Gasteiger partial charge is 0.119 e. The lowest BCUT2D eigenvalue weighted by atomic mass is 9.59. The van der Waals surface area contributed by atoms with Crippen LogP contribution in [0.3, 0.4) is 0 Å². The van der Waals surface area contributed by atoms with Gasteiger partial charge in [-0.3, -0.25) is 4.90 Å². The summed E-state index contributed by atoms with van der Waals surface area (Å²) in [4.78, 5) is 2.90. The van der Waals surface area contributed by atoms with Crippen molar-refractivity contribution in [1.82, 2.24) is 4.90 Å². The van der Waals surface area contributed by atoms with Gasteiger partial charge in [-0.1, -0.05) is 18.9 Å². The van der Waals surface area contributed by atoms with Gasteiger partial charge in [0.2, 0.25) is 0 Å². The van der Waals surface area contributed by atoms with Crippen LogP contribution in [-0.4, -0.2) is 24.6 Å². The molecule has 5 atom stereocenters. The SMILES string of the molecule is COc1ccc2c(c1)[C@H]1C3CCCCN3[C@@H]2[C@H]2CCC[C@H]21. The Balaban J connectivity index is 1.69. The van der Waals surface area contributed by atoms with Crippen molar-refractivity contribution in [1.29, 1.82) is 0 Å². The van der Waals surface area contributed by atoms with Crippen LogP contribution in [0.5, 0.6) is 5.75 Å². The van der Waals surface area contributed by atoms with Crippen LogP contribution < -0.4 is 4.74 Å². The second-order valence-corrected chi connectivity index (χ2v) is 7.53. The minimum Gasteiger partial charge on any atom is -0.497 e. The molecule has 2 aliphatic carbocycles. The Labute approximate surface area is 127 Å². The van der Waals surface area contributed by atoms with E-state index in [1.165, 1.54) is 45.1 Å². The highest BCUT2D eigenvalue weighted by molar-refractivity contribution is 5.46. The minimum atomic E-state index is 0.716. The molecule has 0 spiro atoms. The number of nitrogens with zero attached hydrogens (tertiary/aromatic N) is 1. The summed E-state index contributed by atoms with van der Waals surface area (Å²) in [6, 6.07) is 8.47. The van der Waals surface area contributed by atoms with E-state index >= 15 is 0 Å². The van der Waals surface area contributed by atoms with Crippen LogP contribution in [0.2, 0.25) is 0 Å². The van der Waals surface area contributed by atoms with Crippen LogP contribution in [0.25, 0.3) is 0 Å². The molecule has 112 valence electrons. The van der Waals surface area contributed by atoms with Gasteiger partial charge in [0, 0.05) is 18.0 Å². The van der Waals surface area contributed by atoms with E-state index in [-0.39, 0.29) is 0 Å². The van der Waals surface area contributed by atoms with Crippen molar-refractivity contribution in [2.75, 3.05) is 13.7 Å². The normalized spacial score (nSPS) is 40.5. The summed E-state index contributed by atoms with van der Waals surface area (Å²) in [7, 11) is 1.80.